The molecule has 1 aromatic heterocycles. The monoisotopic (exact) mass is 288 g/mol. The predicted octanol–water partition coefficient (Wildman–Crippen LogP) is 2.36. The summed E-state index contributed by atoms with van der Waals surface area (Å²) >= 11 is 1.62. The fourth-order valence-electron chi connectivity index (χ4n) is 1.60. The lowest BCUT2D eigenvalue weighted by molar-refractivity contribution is 0.343. The number of nitriles is 1. The number of benzene rings is 1. The number of ether oxygens (including phenoxy) is 1. The summed E-state index contributed by atoms with van der Waals surface area (Å²) in [5, 5.41) is 17.6. The fourth-order valence-corrected chi connectivity index (χ4v) is 2.37. The third-order valence-corrected chi connectivity index (χ3v) is 3.83. The first-order valence-electron chi connectivity index (χ1n) is 6.28. The summed E-state index contributed by atoms with van der Waals surface area (Å²) in [4.78, 5) is 0. The van der Waals surface area contributed by atoms with Crippen LogP contribution in [0.15, 0.2) is 29.4 Å². The SMILES string of the molecule is Cc1nnc(SCCOc2ccc(CC#N)cc2)n1C. The van der Waals surface area contributed by atoms with Crippen molar-refractivity contribution in [1.29, 1.82) is 5.26 Å². The van der Waals surface area contributed by atoms with Crippen molar-refractivity contribution in [3.63, 3.8) is 0 Å². The summed E-state index contributed by atoms with van der Waals surface area (Å²) in [6.07, 6.45) is 0.432. The molecular weight excluding hydrogens is 272 g/mol. The number of aryl methyl sites for hydroxylation is 1. The minimum atomic E-state index is 0.432. The van der Waals surface area contributed by atoms with Crippen LogP contribution in [0.3, 0.4) is 0 Å². The van der Waals surface area contributed by atoms with Crippen molar-refractivity contribution < 1.29 is 4.74 Å². The van der Waals surface area contributed by atoms with Crippen LogP contribution in [-0.4, -0.2) is 27.1 Å². The lowest BCUT2D eigenvalue weighted by Crippen LogP contribution is -2.02. The van der Waals surface area contributed by atoms with Crippen LogP contribution in [0.25, 0.3) is 0 Å². The lowest BCUT2D eigenvalue weighted by Gasteiger charge is -2.06. The largest absolute Gasteiger partial charge is 0.493 e. The van der Waals surface area contributed by atoms with E-state index in [9.17, 15) is 0 Å². The minimum absolute atomic E-state index is 0.432. The first-order valence-corrected chi connectivity index (χ1v) is 7.26. The van der Waals surface area contributed by atoms with Gasteiger partial charge in [-0.1, -0.05) is 23.9 Å². The van der Waals surface area contributed by atoms with E-state index in [1.54, 1.807) is 11.8 Å². The quantitative estimate of drug-likeness (QED) is 0.603. The summed E-state index contributed by atoms with van der Waals surface area (Å²) in [5.41, 5.74) is 1.00. The Morgan fingerprint density at radius 2 is 2.05 bits per heavy atom. The van der Waals surface area contributed by atoms with Crippen LogP contribution in [0.1, 0.15) is 11.4 Å². The Bertz CT molecular complexity index is 601. The zero-order chi connectivity index (χ0) is 14.4. The highest BCUT2D eigenvalue weighted by molar-refractivity contribution is 7.99. The van der Waals surface area contributed by atoms with E-state index in [4.69, 9.17) is 10.00 Å². The summed E-state index contributed by atoms with van der Waals surface area (Å²) in [6, 6.07) is 9.74. The zero-order valence-corrected chi connectivity index (χ0v) is 12.4. The molecule has 104 valence electrons. The molecule has 0 spiro atoms. The maximum absolute atomic E-state index is 8.60. The second-order valence-corrected chi connectivity index (χ2v) is 5.33. The Balaban J connectivity index is 1.76. The summed E-state index contributed by atoms with van der Waals surface area (Å²) in [5.74, 6) is 2.54. The van der Waals surface area contributed by atoms with Gasteiger partial charge in [0.2, 0.25) is 0 Å². The molecule has 0 aliphatic carbocycles. The Hall–Kier alpha value is -2.00. The van der Waals surface area contributed by atoms with E-state index >= 15 is 0 Å². The molecule has 0 saturated carbocycles. The van der Waals surface area contributed by atoms with Crippen molar-refractivity contribution in [3.05, 3.63) is 35.7 Å². The molecule has 0 aliphatic heterocycles. The average Bonchev–Trinajstić information content (AvgIpc) is 2.77. The summed E-state index contributed by atoms with van der Waals surface area (Å²) < 4.78 is 7.61. The molecule has 20 heavy (non-hydrogen) atoms. The van der Waals surface area contributed by atoms with E-state index in [0.29, 0.717) is 13.0 Å². The van der Waals surface area contributed by atoms with Gasteiger partial charge in [-0.05, 0) is 24.6 Å². The van der Waals surface area contributed by atoms with E-state index < -0.39 is 0 Å². The number of hydrogen-bond donors (Lipinski definition) is 0. The van der Waals surface area contributed by atoms with Gasteiger partial charge in [0.1, 0.15) is 11.6 Å². The molecule has 1 aromatic carbocycles. The number of rotatable bonds is 6. The van der Waals surface area contributed by atoms with Gasteiger partial charge in [0.05, 0.1) is 19.1 Å². The number of aromatic nitrogens is 3. The van der Waals surface area contributed by atoms with Crippen LogP contribution >= 0.6 is 11.8 Å². The molecule has 0 radical (unpaired) electrons. The normalized spacial score (nSPS) is 10.2. The lowest BCUT2D eigenvalue weighted by atomic mass is 10.2. The molecule has 2 aromatic rings. The van der Waals surface area contributed by atoms with Gasteiger partial charge < -0.3 is 9.30 Å². The van der Waals surface area contributed by atoms with Crippen LogP contribution < -0.4 is 4.74 Å². The maximum atomic E-state index is 8.60. The third kappa shape index (κ3) is 3.75. The minimum Gasteiger partial charge on any atom is -0.493 e. The molecule has 0 N–H and O–H groups in total. The van der Waals surface area contributed by atoms with Crippen molar-refractivity contribution in [2.24, 2.45) is 7.05 Å². The average molecular weight is 288 g/mol. The van der Waals surface area contributed by atoms with Crippen LogP contribution in [-0.2, 0) is 13.5 Å². The summed E-state index contributed by atoms with van der Waals surface area (Å²) in [7, 11) is 1.95. The highest BCUT2D eigenvalue weighted by atomic mass is 32.2. The second-order valence-electron chi connectivity index (χ2n) is 4.26. The molecule has 0 aliphatic rings. The second kappa shape index (κ2) is 6.96. The highest BCUT2D eigenvalue weighted by Gasteiger charge is 2.05. The first-order chi connectivity index (χ1) is 9.70. The topological polar surface area (TPSA) is 63.7 Å². The van der Waals surface area contributed by atoms with E-state index in [1.165, 1.54) is 0 Å². The molecular formula is C14H16N4OS. The molecule has 0 fully saturated rings. The van der Waals surface area contributed by atoms with Gasteiger partial charge in [0.15, 0.2) is 5.16 Å². The van der Waals surface area contributed by atoms with Crippen LogP contribution in [0.2, 0.25) is 0 Å². The molecule has 1 heterocycles. The predicted molar refractivity (Wildman–Crippen MR) is 77.7 cm³/mol. The molecule has 0 bridgehead atoms. The van der Waals surface area contributed by atoms with Crippen molar-refractivity contribution in [1.82, 2.24) is 14.8 Å². The number of nitrogens with zero attached hydrogens (tertiary/aromatic N) is 4. The van der Waals surface area contributed by atoms with Crippen LogP contribution in [0, 0.1) is 18.3 Å². The fraction of sp³-hybridized carbons (Fsp3) is 0.357. The van der Waals surface area contributed by atoms with Gasteiger partial charge >= 0.3 is 0 Å². The van der Waals surface area contributed by atoms with Gasteiger partial charge in [-0.2, -0.15) is 5.26 Å². The Kier molecular flexibility index (Phi) is 5.02. The van der Waals surface area contributed by atoms with E-state index in [1.807, 2.05) is 42.8 Å². The van der Waals surface area contributed by atoms with Crippen LogP contribution in [0.4, 0.5) is 0 Å². The Morgan fingerprint density at radius 3 is 2.65 bits per heavy atom. The molecule has 0 unspecified atom stereocenters. The van der Waals surface area contributed by atoms with E-state index in [2.05, 4.69) is 16.3 Å². The van der Waals surface area contributed by atoms with Crippen molar-refractivity contribution in [2.75, 3.05) is 12.4 Å². The zero-order valence-electron chi connectivity index (χ0n) is 11.5. The molecule has 0 saturated heterocycles. The summed E-state index contributed by atoms with van der Waals surface area (Å²) in [6.45, 7) is 2.53. The Morgan fingerprint density at radius 1 is 1.30 bits per heavy atom. The third-order valence-electron chi connectivity index (χ3n) is 2.84. The van der Waals surface area contributed by atoms with Gasteiger partial charge in [-0.15, -0.1) is 10.2 Å². The van der Waals surface area contributed by atoms with E-state index in [0.717, 1.165) is 28.0 Å². The standard InChI is InChI=1S/C14H16N4OS/c1-11-16-17-14(18(11)2)20-10-9-19-13-5-3-12(4-6-13)7-8-15/h3-6H,7,9-10H2,1-2H3. The smallest absolute Gasteiger partial charge is 0.191 e. The van der Waals surface area contributed by atoms with Crippen molar-refractivity contribution in [2.45, 2.75) is 18.5 Å². The highest BCUT2D eigenvalue weighted by Crippen LogP contribution is 2.16. The van der Waals surface area contributed by atoms with Gasteiger partial charge in [-0.3, -0.25) is 0 Å². The molecule has 0 atom stereocenters. The number of hydrogen-bond acceptors (Lipinski definition) is 5. The molecule has 5 nitrogen and oxygen atoms in total. The number of thioether (sulfide) groups is 1. The molecule has 0 amide bonds. The first kappa shape index (κ1) is 14.4. The van der Waals surface area contributed by atoms with Gasteiger partial charge in [0.25, 0.3) is 0 Å². The van der Waals surface area contributed by atoms with Crippen LogP contribution in [0.5, 0.6) is 5.75 Å². The van der Waals surface area contributed by atoms with E-state index in [-0.39, 0.29) is 0 Å². The Labute approximate surface area is 122 Å². The maximum Gasteiger partial charge on any atom is 0.191 e. The molecule has 6 heteroatoms. The van der Waals surface area contributed by atoms with Crippen molar-refractivity contribution in [3.8, 4) is 11.8 Å². The molecule has 2 rings (SSSR count). The van der Waals surface area contributed by atoms with Crippen molar-refractivity contribution >= 4 is 11.8 Å². The van der Waals surface area contributed by atoms with Gasteiger partial charge in [-0.25, -0.2) is 0 Å². The van der Waals surface area contributed by atoms with Gasteiger partial charge in [0, 0.05) is 12.8 Å².